The Morgan fingerprint density at radius 2 is 0.660 bits per heavy atom. The fourth-order valence-corrected chi connectivity index (χ4v) is 16.6. The van der Waals surface area contributed by atoms with E-state index in [0.717, 1.165) is 0 Å². The van der Waals surface area contributed by atoms with Crippen molar-refractivity contribution in [2.45, 2.75) is 31.0 Å². The number of allylic oxidation sites excluding steroid dienone is 4. The first-order valence-corrected chi connectivity index (χ1v) is 19.2. The predicted molar refractivity (Wildman–Crippen MR) is 209 cm³/mol. The molecule has 11 heteroatoms. The summed E-state index contributed by atoms with van der Waals surface area (Å²) in [5, 5.41) is 4.29. The van der Waals surface area contributed by atoms with Crippen LogP contribution in [0, 0.1) is 0 Å². The fourth-order valence-electron chi connectivity index (χ4n) is 7.47. The minimum absolute atomic E-state index is 0. The zero-order chi connectivity index (χ0) is 35.3. The van der Waals surface area contributed by atoms with E-state index in [9.17, 15) is 0 Å². The smallest absolute Gasteiger partial charge is 1.00 e. The fraction of sp³-hybridized carbons (Fsp3) is 0.436. The molecule has 50 heavy (non-hydrogen) atoms. The number of rotatable bonds is 10. The Balaban J connectivity index is 0.00000417. The van der Waals surface area contributed by atoms with E-state index in [1.165, 1.54) is 72.0 Å². The number of anilines is 6. The van der Waals surface area contributed by atoms with Crippen LogP contribution in [-0.4, -0.2) is 92.6 Å². The van der Waals surface area contributed by atoms with E-state index in [1.54, 1.807) is 0 Å². The second kappa shape index (κ2) is 17.0. The third-order valence-electron chi connectivity index (χ3n) is 10.5. The molecule has 1 aliphatic rings. The maximum Gasteiger partial charge on any atom is -1.00 e. The van der Waals surface area contributed by atoms with Crippen molar-refractivity contribution in [2.75, 3.05) is 114 Å². The van der Waals surface area contributed by atoms with Gasteiger partial charge in [0, 0.05) is 0 Å². The number of halogens is 3. The summed E-state index contributed by atoms with van der Waals surface area (Å²) in [6.45, 7) is 9.50. The van der Waals surface area contributed by atoms with Crippen LogP contribution in [0.4, 0.5) is 34.1 Å². The van der Waals surface area contributed by atoms with Gasteiger partial charge in [-0.3, -0.25) is 0 Å². The van der Waals surface area contributed by atoms with Gasteiger partial charge in [-0.15, -0.1) is 0 Å². The molecule has 0 radical (unpaired) electrons. The second-order valence-corrected chi connectivity index (χ2v) is 20.3. The summed E-state index contributed by atoms with van der Waals surface area (Å²) in [5.41, 5.74) is 13.2. The Hall–Kier alpha value is -2.26. The molecule has 0 aliphatic heterocycles. The van der Waals surface area contributed by atoms with Crippen LogP contribution in [0.1, 0.15) is 27.7 Å². The van der Waals surface area contributed by atoms with Gasteiger partial charge in [0.1, 0.15) is 0 Å². The van der Waals surface area contributed by atoms with Crippen molar-refractivity contribution in [1.29, 1.82) is 0 Å². The van der Waals surface area contributed by atoms with Gasteiger partial charge in [0.25, 0.3) is 0 Å². The Bertz CT molecular complexity index is 1550. The van der Waals surface area contributed by atoms with Gasteiger partial charge in [0.05, 0.1) is 0 Å². The molecule has 0 aromatic heterocycles. The first-order valence-electron chi connectivity index (χ1n) is 16.4. The predicted octanol–water partition coefficient (Wildman–Crippen LogP) is -3.50. The molecule has 0 saturated heterocycles. The van der Waals surface area contributed by atoms with Crippen molar-refractivity contribution in [3.8, 4) is 0 Å². The number of nitrogens with zero attached hydrogens (tertiary/aromatic N) is 6. The van der Waals surface area contributed by atoms with Crippen LogP contribution in [0.15, 0.2) is 76.9 Å². The van der Waals surface area contributed by atoms with E-state index in [0.29, 0.717) is 0 Å². The Morgan fingerprint density at radius 1 is 0.420 bits per heavy atom. The van der Waals surface area contributed by atoms with E-state index >= 15 is 0 Å². The molecule has 0 heterocycles. The molecular weight excluding hydrogens is 735 g/mol. The molecule has 0 N–H and O–H groups in total. The Morgan fingerprint density at radius 3 is 0.860 bits per heavy atom. The minimum atomic E-state index is -3.12. The first kappa shape index (κ1) is 45.8. The van der Waals surface area contributed by atoms with E-state index in [1.807, 2.05) is 0 Å². The van der Waals surface area contributed by atoms with Gasteiger partial charge in [0.2, 0.25) is 0 Å². The Kier molecular flexibility index (Phi) is 15.6. The standard InChI is InChI=1S/C39H57N6Si.3ClH.Ti/c1-26-27(2)29(4)39(28(26)3)46(36-20-17-30(40(5)6)23-33(36)43(11)12,37-21-18-31(41(7)8)24-34(37)44(13)14)38-22-19-32(42(9)10)25-35(38)45(15)16;;;;/h17-25H,1-16H3;3*1H;/q;;;;+3/p-3. The molecule has 4 rings (SSSR count). The van der Waals surface area contributed by atoms with E-state index in [-0.39, 0.29) is 40.6 Å². The van der Waals surface area contributed by atoms with Gasteiger partial charge in [-0.05, 0) is 0 Å². The summed E-state index contributed by atoms with van der Waals surface area (Å²) in [5.74, 6) is 0. The van der Waals surface area contributed by atoms with Gasteiger partial charge in [-0.2, -0.15) is 0 Å². The monoisotopic (exact) mass is 790 g/mol. The third kappa shape index (κ3) is 7.33. The van der Waals surface area contributed by atoms with E-state index < -0.39 is 8.07 Å². The first-order chi connectivity index (χ1) is 21.8. The topological polar surface area (TPSA) is 19.4 Å². The van der Waals surface area contributed by atoms with Crippen LogP contribution < -0.4 is 82.2 Å². The van der Waals surface area contributed by atoms with Gasteiger partial charge >= 0.3 is 300 Å². The Labute approximate surface area is 335 Å². The molecule has 0 unspecified atom stereocenters. The molecule has 3 aromatic carbocycles. The molecule has 0 spiro atoms. The van der Waals surface area contributed by atoms with Crippen molar-refractivity contribution >= 4 is 57.8 Å². The molecule has 0 saturated carbocycles. The van der Waals surface area contributed by atoms with Crippen LogP contribution in [-0.2, 0) is 20.4 Å². The summed E-state index contributed by atoms with van der Waals surface area (Å²) < 4.78 is -0.264. The molecule has 3 aromatic rings. The van der Waals surface area contributed by atoms with Crippen LogP contribution >= 0.6 is 0 Å². The van der Waals surface area contributed by atoms with Crippen molar-refractivity contribution in [2.24, 2.45) is 0 Å². The normalized spacial score (nSPS) is 13.6. The van der Waals surface area contributed by atoms with Crippen molar-refractivity contribution in [3.63, 3.8) is 0 Å². The average Bonchev–Trinajstić information content (AvgIpc) is 3.16. The second-order valence-electron chi connectivity index (χ2n) is 14.5. The molecule has 272 valence electrons. The third-order valence-corrected chi connectivity index (χ3v) is 19.0. The summed E-state index contributed by atoms with van der Waals surface area (Å²) in [6, 6.07) is 21.7. The summed E-state index contributed by atoms with van der Waals surface area (Å²) in [6.07, 6.45) is 0. The average molecular weight is 792 g/mol. The number of hydrogen-bond donors (Lipinski definition) is 0. The van der Waals surface area contributed by atoms with Gasteiger partial charge in [-0.25, -0.2) is 0 Å². The molecule has 0 fully saturated rings. The van der Waals surface area contributed by atoms with Crippen LogP contribution in [0.25, 0.3) is 0 Å². The summed E-state index contributed by atoms with van der Waals surface area (Å²) >= 11 is 2.57. The van der Waals surface area contributed by atoms with E-state index in [2.05, 4.69) is 217 Å². The van der Waals surface area contributed by atoms with Crippen LogP contribution in [0.2, 0.25) is 3.34 Å². The van der Waals surface area contributed by atoms with Crippen molar-refractivity contribution in [1.82, 2.24) is 0 Å². The quantitative estimate of drug-likeness (QED) is 0.156. The molecule has 6 nitrogen and oxygen atoms in total. The molecule has 0 atom stereocenters. The number of benzene rings is 3. The van der Waals surface area contributed by atoms with Crippen LogP contribution in [0.3, 0.4) is 0 Å². The zero-order valence-electron chi connectivity index (χ0n) is 33.0. The van der Waals surface area contributed by atoms with Crippen LogP contribution in [0.5, 0.6) is 0 Å². The molecule has 1 aliphatic carbocycles. The zero-order valence-corrected chi connectivity index (χ0v) is 37.8. The van der Waals surface area contributed by atoms with Crippen molar-refractivity contribution < 1.29 is 57.7 Å². The van der Waals surface area contributed by atoms with Crippen molar-refractivity contribution in [3.05, 3.63) is 76.9 Å². The van der Waals surface area contributed by atoms with Gasteiger partial charge < -0.3 is 37.2 Å². The largest absolute Gasteiger partial charge is 1.00 e. The maximum absolute atomic E-state index is 3.12. The van der Waals surface area contributed by atoms with E-state index in [4.69, 9.17) is 0 Å². The maximum atomic E-state index is 2.57. The molecule has 0 bridgehead atoms. The molecular formula is C39H57Cl3N6SiTi. The minimum Gasteiger partial charge on any atom is -1.00 e. The van der Waals surface area contributed by atoms with Gasteiger partial charge in [-0.1, -0.05) is 0 Å². The van der Waals surface area contributed by atoms with Gasteiger partial charge in [0.15, 0.2) is 0 Å². The number of hydrogen-bond acceptors (Lipinski definition) is 6. The molecule has 0 amide bonds. The summed E-state index contributed by atoms with van der Waals surface area (Å²) in [7, 11) is 23.0. The SMILES string of the molecule is CC1=C(C)[C]([Ti+3])([Si](c2ccc(N(C)C)cc2N(C)C)(c2ccc(N(C)C)cc2N(C)C)c2ccc(N(C)C)cc2N(C)C)C(C)=C1C.[Cl-].[Cl-].[Cl-]. The summed E-state index contributed by atoms with van der Waals surface area (Å²) in [4.78, 5) is 13.7.